The molecule has 0 aromatic rings. The number of hydrogen-bond donors (Lipinski definition) is 2. The summed E-state index contributed by atoms with van der Waals surface area (Å²) in [6.07, 6.45) is 0.993. The molecule has 0 aromatic carbocycles. The smallest absolute Gasteiger partial charge is 0.308 e. The van der Waals surface area contributed by atoms with Gasteiger partial charge in [0.1, 0.15) is 47.4 Å². The minimum atomic E-state index is -1.04. The molecule has 0 amide bonds. The van der Waals surface area contributed by atoms with Crippen LogP contribution in [0, 0.1) is 11.8 Å². The average Bonchev–Trinajstić information content (AvgIpc) is 3.68. The van der Waals surface area contributed by atoms with Crippen LogP contribution in [0.3, 0.4) is 0 Å². The van der Waals surface area contributed by atoms with Crippen molar-refractivity contribution >= 4 is 91.9 Å². The van der Waals surface area contributed by atoms with E-state index >= 15 is 0 Å². The molecule has 3 unspecified atom stereocenters. The molecule has 6 saturated heterocycles. The van der Waals surface area contributed by atoms with Crippen LogP contribution in [-0.2, 0) is 57.1 Å². The Morgan fingerprint density at radius 3 is 1.82 bits per heavy atom. The lowest BCUT2D eigenvalue weighted by Gasteiger charge is -2.47. The van der Waals surface area contributed by atoms with Gasteiger partial charge in [0, 0.05) is 42.6 Å². The number of Topliss-reactive ketones (excluding diaryl/α,β-unsaturated/α-hetero) is 1. The van der Waals surface area contributed by atoms with E-state index in [4.69, 9.17) is 61.1 Å². The molecule has 6 rings (SSSR count). The summed E-state index contributed by atoms with van der Waals surface area (Å²) in [7, 11) is 2.72. The van der Waals surface area contributed by atoms with Gasteiger partial charge in [0.25, 0.3) is 0 Å². The van der Waals surface area contributed by atoms with Crippen LogP contribution in [0.5, 0.6) is 0 Å². The topological polar surface area (TPSA) is 183 Å². The van der Waals surface area contributed by atoms with Gasteiger partial charge in [-0.05, 0) is 90.9 Å². The highest BCUT2D eigenvalue weighted by Gasteiger charge is 2.57. The van der Waals surface area contributed by atoms with Gasteiger partial charge in [0.05, 0.1) is 75.9 Å². The summed E-state index contributed by atoms with van der Waals surface area (Å²) in [6.45, 7) is 11.6. The molecule has 0 radical (unpaired) electrons. The van der Waals surface area contributed by atoms with Crippen LogP contribution in [0.4, 0.5) is 0 Å². The normalized spacial score (nSPS) is 38.3. The average molecular weight is 1110 g/mol. The highest BCUT2D eigenvalue weighted by atomic mass is 127. The fourth-order valence-corrected chi connectivity index (χ4v) is 11.0. The first-order valence-corrected chi connectivity index (χ1v) is 23.6. The van der Waals surface area contributed by atoms with Crippen molar-refractivity contribution in [2.75, 3.05) is 14.2 Å². The summed E-state index contributed by atoms with van der Waals surface area (Å²) in [6, 6.07) is 0. The van der Waals surface area contributed by atoms with Gasteiger partial charge < -0.3 is 48.1 Å². The van der Waals surface area contributed by atoms with Gasteiger partial charge in [0.2, 0.25) is 0 Å². The lowest BCUT2D eigenvalue weighted by molar-refractivity contribution is -0.240. The van der Waals surface area contributed by atoms with Crippen molar-refractivity contribution in [3.63, 3.8) is 0 Å². The predicted octanol–water partition coefficient (Wildman–Crippen LogP) is 5.97. The van der Waals surface area contributed by atoms with Gasteiger partial charge in [-0.2, -0.15) is 0 Å². The fourth-order valence-electron chi connectivity index (χ4n) is 8.96. The molecule has 17 atom stereocenters. The number of hydrogen-bond acceptors (Lipinski definition) is 14. The summed E-state index contributed by atoms with van der Waals surface area (Å²) in [4.78, 5) is 48.0. The van der Waals surface area contributed by atoms with E-state index in [1.807, 2.05) is 36.4 Å². The second-order valence-electron chi connectivity index (χ2n) is 16.6. The number of carbonyl (C=O) groups excluding carboxylic acids is 4. The van der Waals surface area contributed by atoms with Crippen LogP contribution < -0.4 is 0 Å². The number of alkyl halides is 2. The number of ketones is 2. The van der Waals surface area contributed by atoms with Crippen LogP contribution in [-0.4, -0.2) is 138 Å². The number of fused-ring (bicyclic) bond motifs is 4. The van der Waals surface area contributed by atoms with Gasteiger partial charge in [-0.15, -0.1) is 23.2 Å². The molecule has 14 nitrogen and oxygen atoms in total. The Hall–Kier alpha value is -0.940. The van der Waals surface area contributed by atoms with E-state index in [1.54, 1.807) is 0 Å². The Morgan fingerprint density at radius 1 is 0.750 bits per heavy atom. The van der Waals surface area contributed by atoms with E-state index in [-0.39, 0.29) is 108 Å². The molecule has 0 saturated carbocycles. The number of allylic oxidation sites excluding steroid dienone is 3. The van der Waals surface area contributed by atoms with E-state index in [0.717, 1.165) is 13.6 Å². The van der Waals surface area contributed by atoms with Gasteiger partial charge in [-0.3, -0.25) is 19.2 Å². The molecule has 18 heteroatoms. The molecule has 6 heterocycles. The SMILES string of the molecule is C=C(I)C[C@H](Cl)C(=O)/C=C1\O[C@@H]2C(O[C@H]3CC[C@H](CC(=O)OC)O[C@@H]3[C@@H]2C)[C@H]1O.C=C(I)C[C@H](Cl)CCC(=O)CC1O[C@@H]2C(O[C@H]3CC[C@H](CC(=O)OC)O[C@@H]3[C@@H]2C)[C@H]1O. The van der Waals surface area contributed by atoms with Crippen molar-refractivity contribution in [2.45, 2.75) is 175 Å². The zero-order valence-electron chi connectivity index (χ0n) is 34.4. The Kier molecular flexibility index (Phi) is 19.0. The van der Waals surface area contributed by atoms with Crippen molar-refractivity contribution in [3.8, 4) is 0 Å². The van der Waals surface area contributed by atoms with Gasteiger partial charge in [-0.25, -0.2) is 0 Å². The Labute approximate surface area is 389 Å². The van der Waals surface area contributed by atoms with E-state index in [0.29, 0.717) is 44.9 Å². The van der Waals surface area contributed by atoms with E-state index in [2.05, 4.69) is 35.7 Å². The summed E-state index contributed by atoms with van der Waals surface area (Å²) in [5, 5.41) is 20.6. The summed E-state index contributed by atoms with van der Waals surface area (Å²) in [5.74, 6) is -0.859. The number of halogens is 4. The molecular weight excluding hydrogens is 1050 g/mol. The quantitative estimate of drug-likeness (QED) is 0.0847. The predicted molar refractivity (Wildman–Crippen MR) is 237 cm³/mol. The van der Waals surface area contributed by atoms with Crippen LogP contribution in [0.1, 0.15) is 84.5 Å². The van der Waals surface area contributed by atoms with Crippen LogP contribution in [0.2, 0.25) is 0 Å². The highest BCUT2D eigenvalue weighted by Crippen LogP contribution is 2.44. The fraction of sp³-hybridized carbons (Fsp3) is 0.762. The van der Waals surface area contributed by atoms with E-state index in [9.17, 15) is 29.4 Å². The molecular formula is C42H58Cl2I2O14. The van der Waals surface area contributed by atoms with Crippen molar-refractivity contribution in [1.29, 1.82) is 0 Å². The standard InChI is InChI=1S/C22H32ClIO7.C20H26ClIO7/c1-11(24)8-13(23)4-5-14(25)9-17-19(27)22-21(31-17)12(2)20-16(30-22)7-6-15(29-20)10-18(26)28-3;1-9(22)6-12(21)13(23)8-15-17(25)20-19(29-15)10(2)18-14(28-20)5-4-11(27-18)7-16(24)26-3/h12-13,15-17,19-22,27H,1,4-10H2,2-3H3;8,10-12,14,17-20,25H,1,4-7H2,2-3H3/b;15-8-/t12-,13+,15+,16-,17?,19-,20+,21-,22?;10-,11+,12-,14-,17-,18+,19-,20?/m00/s1. The van der Waals surface area contributed by atoms with Gasteiger partial charge >= 0.3 is 11.9 Å². The van der Waals surface area contributed by atoms with Crippen LogP contribution >= 0.6 is 68.4 Å². The largest absolute Gasteiger partial charge is 0.489 e. The summed E-state index contributed by atoms with van der Waals surface area (Å²) >= 11 is 16.5. The first-order valence-electron chi connectivity index (χ1n) is 20.6. The number of rotatable bonds is 15. The third-order valence-electron chi connectivity index (χ3n) is 12.1. The van der Waals surface area contributed by atoms with Crippen LogP contribution in [0.25, 0.3) is 0 Å². The Bertz CT molecular complexity index is 1600. The highest BCUT2D eigenvalue weighted by molar-refractivity contribution is 14.1. The third kappa shape index (κ3) is 12.9. The summed E-state index contributed by atoms with van der Waals surface area (Å²) in [5.41, 5.74) is 0. The maximum absolute atomic E-state index is 12.5. The maximum atomic E-state index is 12.5. The van der Waals surface area contributed by atoms with E-state index < -0.39 is 42.0 Å². The van der Waals surface area contributed by atoms with Crippen molar-refractivity contribution < 1.29 is 67.3 Å². The lowest BCUT2D eigenvalue weighted by atomic mass is 9.82. The lowest BCUT2D eigenvalue weighted by Crippen LogP contribution is -2.57. The first-order chi connectivity index (χ1) is 28.4. The first kappa shape index (κ1) is 50.1. The van der Waals surface area contributed by atoms with Gasteiger partial charge in [0.15, 0.2) is 5.78 Å². The van der Waals surface area contributed by atoms with Crippen molar-refractivity contribution in [3.05, 3.63) is 32.2 Å². The Morgan fingerprint density at radius 2 is 1.28 bits per heavy atom. The maximum Gasteiger partial charge on any atom is 0.308 e. The molecule has 6 aliphatic rings. The monoisotopic (exact) mass is 1110 g/mol. The minimum Gasteiger partial charge on any atom is -0.489 e. The van der Waals surface area contributed by atoms with Crippen LogP contribution in [0.15, 0.2) is 32.2 Å². The minimum absolute atomic E-state index is 0.0203. The molecule has 0 aliphatic carbocycles. The molecule has 0 aromatic heterocycles. The van der Waals surface area contributed by atoms with Crippen molar-refractivity contribution in [1.82, 2.24) is 0 Å². The molecule has 2 N–H and O–H groups in total. The summed E-state index contributed by atoms with van der Waals surface area (Å²) < 4.78 is 47.8. The van der Waals surface area contributed by atoms with Crippen molar-refractivity contribution in [2.24, 2.45) is 11.8 Å². The number of aliphatic hydroxyl groups excluding tert-OH is 2. The number of methoxy groups -OCH3 is 2. The number of aliphatic hydroxyl groups is 2. The number of esters is 2. The molecule has 6 aliphatic heterocycles. The third-order valence-corrected chi connectivity index (χ3v) is 13.8. The second kappa shape index (κ2) is 22.8. The molecule has 6 fully saturated rings. The second-order valence-corrected chi connectivity index (χ2v) is 20.7. The molecule has 0 spiro atoms. The van der Waals surface area contributed by atoms with Gasteiger partial charge in [-0.1, -0.05) is 27.0 Å². The molecule has 0 bridgehead atoms. The number of ether oxygens (including phenoxy) is 8. The zero-order valence-corrected chi connectivity index (χ0v) is 40.2. The molecule has 338 valence electrons. The van der Waals surface area contributed by atoms with E-state index in [1.165, 1.54) is 20.3 Å². The Balaban J connectivity index is 0.000000228. The number of carbonyl (C=O) groups is 4. The zero-order chi connectivity index (χ0) is 44.0. The molecule has 60 heavy (non-hydrogen) atoms.